The van der Waals surface area contributed by atoms with Crippen LogP contribution in [-0.4, -0.2) is 46.1 Å². The lowest BCUT2D eigenvalue weighted by Gasteiger charge is -2.03. The highest BCUT2D eigenvalue weighted by Gasteiger charge is 2.20. The summed E-state index contributed by atoms with van der Waals surface area (Å²) in [6.07, 6.45) is 0.914. The largest absolute Gasteiger partial charge is 0.293 e. The minimum Gasteiger partial charge on any atom is -0.293 e. The minimum atomic E-state index is -3.83. The predicted molar refractivity (Wildman–Crippen MR) is 69.1 cm³/mol. The summed E-state index contributed by atoms with van der Waals surface area (Å²) in [4.78, 5) is 11.6. The highest BCUT2D eigenvalue weighted by atomic mass is 32.2. The third-order valence-corrected chi connectivity index (χ3v) is 5.00. The van der Waals surface area contributed by atoms with Gasteiger partial charge in [-0.1, -0.05) is 12.1 Å². The van der Waals surface area contributed by atoms with Crippen molar-refractivity contribution in [3.63, 3.8) is 0 Å². The average molecular weight is 308 g/mol. The fourth-order valence-electron chi connectivity index (χ4n) is 1.30. The topological polar surface area (TPSA) is 85.3 Å². The molecule has 8 heteroatoms. The Hall–Kier alpha value is -1.28. The molecule has 0 bridgehead atoms. The second-order valence-electron chi connectivity index (χ2n) is 4.16. The van der Waals surface area contributed by atoms with Crippen LogP contribution in [0.1, 0.15) is 10.4 Å². The van der Waals surface area contributed by atoms with Crippen molar-refractivity contribution in [2.45, 2.75) is 0 Å². The summed E-state index contributed by atoms with van der Waals surface area (Å²) in [5, 5.41) is 0. The Labute approximate surface area is 111 Å². The molecule has 0 amide bonds. The molecule has 106 valence electrons. The van der Waals surface area contributed by atoms with Crippen molar-refractivity contribution >= 4 is 25.5 Å². The van der Waals surface area contributed by atoms with Crippen LogP contribution >= 0.6 is 0 Å². The van der Waals surface area contributed by atoms with E-state index in [0.717, 1.165) is 18.4 Å². The molecule has 0 spiro atoms. The van der Waals surface area contributed by atoms with Crippen molar-refractivity contribution in [2.75, 3.05) is 23.5 Å². The van der Waals surface area contributed by atoms with E-state index in [1.807, 2.05) is 0 Å². The van der Waals surface area contributed by atoms with Gasteiger partial charge in [-0.3, -0.25) is 4.79 Å². The summed E-state index contributed by atoms with van der Waals surface area (Å²) in [5.41, 5.74) is -0.0528. The molecule has 0 N–H and O–H groups in total. The normalized spacial score (nSPS) is 12.3. The maximum Gasteiger partial charge on any atom is 0.177 e. The number of ketones is 1. The lowest BCUT2D eigenvalue weighted by molar-refractivity contribution is 0.102. The fourth-order valence-corrected chi connectivity index (χ4v) is 4.23. The lowest BCUT2D eigenvalue weighted by atomic mass is 10.1. The van der Waals surface area contributed by atoms with E-state index < -0.39 is 48.5 Å². The SMILES string of the molecule is CS(=O)(=O)CCS(=O)(=O)CC(=O)c1cccc(F)c1. The van der Waals surface area contributed by atoms with Gasteiger partial charge in [0.15, 0.2) is 15.6 Å². The van der Waals surface area contributed by atoms with Crippen LogP contribution in [0.4, 0.5) is 4.39 Å². The molecule has 5 nitrogen and oxygen atoms in total. The van der Waals surface area contributed by atoms with Crippen LogP contribution in [0, 0.1) is 5.82 Å². The minimum absolute atomic E-state index is 0.0528. The van der Waals surface area contributed by atoms with Crippen LogP contribution in [0.5, 0.6) is 0 Å². The van der Waals surface area contributed by atoms with Crippen molar-refractivity contribution in [3.05, 3.63) is 35.6 Å². The fraction of sp³-hybridized carbons (Fsp3) is 0.364. The van der Waals surface area contributed by atoms with Crippen LogP contribution in [-0.2, 0) is 19.7 Å². The number of rotatable bonds is 6. The van der Waals surface area contributed by atoms with Crippen molar-refractivity contribution in [2.24, 2.45) is 0 Å². The number of sulfone groups is 2. The van der Waals surface area contributed by atoms with Gasteiger partial charge >= 0.3 is 0 Å². The summed E-state index contributed by atoms with van der Waals surface area (Å²) in [6.45, 7) is 0. The smallest absolute Gasteiger partial charge is 0.177 e. The molecule has 0 unspecified atom stereocenters. The zero-order chi connectivity index (χ0) is 14.7. The van der Waals surface area contributed by atoms with E-state index in [0.29, 0.717) is 0 Å². The van der Waals surface area contributed by atoms with Gasteiger partial charge in [0.1, 0.15) is 21.4 Å². The molecule has 0 aromatic heterocycles. The summed E-state index contributed by atoms with van der Waals surface area (Å²) < 4.78 is 57.8. The Morgan fingerprint density at radius 3 is 2.32 bits per heavy atom. The first kappa shape index (κ1) is 15.8. The first-order valence-electron chi connectivity index (χ1n) is 5.26. The molecule has 1 aromatic rings. The van der Waals surface area contributed by atoms with Crippen molar-refractivity contribution in [3.8, 4) is 0 Å². The third kappa shape index (κ3) is 5.93. The van der Waals surface area contributed by atoms with E-state index in [-0.39, 0.29) is 5.56 Å². The molecule has 0 fully saturated rings. The Balaban J connectivity index is 2.76. The number of carbonyl (C=O) groups excluding carboxylic acids is 1. The van der Waals surface area contributed by atoms with Gasteiger partial charge in [-0.25, -0.2) is 21.2 Å². The Bertz CT molecular complexity index is 677. The van der Waals surface area contributed by atoms with E-state index in [2.05, 4.69) is 0 Å². The van der Waals surface area contributed by atoms with Gasteiger partial charge in [-0.2, -0.15) is 0 Å². The van der Waals surface area contributed by atoms with Gasteiger partial charge in [0.05, 0.1) is 11.5 Å². The van der Waals surface area contributed by atoms with Crippen molar-refractivity contribution in [1.29, 1.82) is 0 Å². The van der Waals surface area contributed by atoms with E-state index >= 15 is 0 Å². The van der Waals surface area contributed by atoms with Crippen LogP contribution in [0.3, 0.4) is 0 Å². The first-order chi connectivity index (χ1) is 8.59. The molecule has 19 heavy (non-hydrogen) atoms. The molecule has 1 aromatic carbocycles. The monoisotopic (exact) mass is 308 g/mol. The number of hydrogen-bond donors (Lipinski definition) is 0. The molecule has 0 saturated heterocycles. The molecule has 0 aliphatic heterocycles. The molecule has 0 aliphatic carbocycles. The molecular weight excluding hydrogens is 295 g/mol. The molecule has 0 aliphatic rings. The Kier molecular flexibility index (Phi) is 4.81. The van der Waals surface area contributed by atoms with Crippen LogP contribution in [0.15, 0.2) is 24.3 Å². The summed E-state index contributed by atoms with van der Waals surface area (Å²) in [5.74, 6) is -3.38. The molecular formula is C11H13FO5S2. The van der Waals surface area contributed by atoms with Crippen molar-refractivity contribution in [1.82, 2.24) is 0 Å². The van der Waals surface area contributed by atoms with Gasteiger partial charge in [-0.05, 0) is 12.1 Å². The number of carbonyl (C=O) groups is 1. The number of hydrogen-bond acceptors (Lipinski definition) is 5. The zero-order valence-electron chi connectivity index (χ0n) is 10.2. The highest BCUT2D eigenvalue weighted by molar-refractivity contribution is 7.95. The molecule has 0 saturated carbocycles. The zero-order valence-corrected chi connectivity index (χ0v) is 11.8. The number of halogens is 1. The van der Waals surface area contributed by atoms with Gasteiger partial charge in [0, 0.05) is 11.8 Å². The maximum atomic E-state index is 12.9. The molecule has 0 radical (unpaired) electrons. The lowest BCUT2D eigenvalue weighted by Crippen LogP contribution is -2.23. The van der Waals surface area contributed by atoms with Gasteiger partial charge < -0.3 is 0 Å². The molecule has 1 rings (SSSR count). The Morgan fingerprint density at radius 2 is 1.79 bits per heavy atom. The average Bonchev–Trinajstić information content (AvgIpc) is 2.25. The van der Waals surface area contributed by atoms with Gasteiger partial charge in [-0.15, -0.1) is 0 Å². The first-order valence-corrected chi connectivity index (χ1v) is 9.14. The quantitative estimate of drug-likeness (QED) is 0.713. The summed E-state index contributed by atoms with van der Waals surface area (Å²) in [7, 11) is -7.24. The van der Waals surface area contributed by atoms with E-state index in [1.165, 1.54) is 12.1 Å². The van der Waals surface area contributed by atoms with E-state index in [9.17, 15) is 26.0 Å². The van der Waals surface area contributed by atoms with E-state index in [1.54, 1.807) is 0 Å². The van der Waals surface area contributed by atoms with Crippen LogP contribution in [0.2, 0.25) is 0 Å². The molecule has 0 atom stereocenters. The van der Waals surface area contributed by atoms with Gasteiger partial charge in [0.2, 0.25) is 0 Å². The van der Waals surface area contributed by atoms with Gasteiger partial charge in [0.25, 0.3) is 0 Å². The maximum absolute atomic E-state index is 12.9. The number of benzene rings is 1. The van der Waals surface area contributed by atoms with E-state index in [4.69, 9.17) is 0 Å². The third-order valence-electron chi connectivity index (χ3n) is 2.26. The summed E-state index contributed by atoms with van der Waals surface area (Å²) >= 11 is 0. The van der Waals surface area contributed by atoms with Crippen molar-refractivity contribution < 1.29 is 26.0 Å². The number of Topliss-reactive ketones (excluding diaryl/α,β-unsaturated/α-hetero) is 1. The second-order valence-corrected chi connectivity index (χ2v) is 8.60. The predicted octanol–water partition coefficient (Wildman–Crippen LogP) is 0.468. The molecule has 0 heterocycles. The summed E-state index contributed by atoms with van der Waals surface area (Å²) in [6, 6.07) is 4.67. The van der Waals surface area contributed by atoms with Crippen LogP contribution < -0.4 is 0 Å². The highest BCUT2D eigenvalue weighted by Crippen LogP contribution is 2.06. The standard InChI is InChI=1S/C11H13FO5S2/c1-18(14,15)5-6-19(16,17)8-11(13)9-3-2-4-10(12)7-9/h2-4,7H,5-6,8H2,1H3. The second kappa shape index (κ2) is 5.79. The van der Waals surface area contributed by atoms with Crippen LogP contribution in [0.25, 0.3) is 0 Å². The Morgan fingerprint density at radius 1 is 1.16 bits per heavy atom.